The van der Waals surface area contributed by atoms with Gasteiger partial charge in [0.2, 0.25) is 5.28 Å². The maximum atomic E-state index is 13.2. The molecule has 0 saturated carbocycles. The number of halogens is 3. The van der Waals surface area contributed by atoms with Crippen molar-refractivity contribution in [1.29, 1.82) is 0 Å². The third-order valence-electron chi connectivity index (χ3n) is 2.33. The summed E-state index contributed by atoms with van der Waals surface area (Å²) in [4.78, 5) is 0. The van der Waals surface area contributed by atoms with Crippen LogP contribution in [0.15, 0.2) is 22.7 Å². The fraction of sp³-hybridized carbons (Fsp3) is 0.273. The highest BCUT2D eigenvalue weighted by atomic mass is 79.9. The highest BCUT2D eigenvalue weighted by Gasteiger charge is 2.15. The lowest BCUT2D eigenvalue weighted by atomic mass is 10.2. The van der Waals surface area contributed by atoms with E-state index in [1.54, 1.807) is 16.7 Å². The van der Waals surface area contributed by atoms with Gasteiger partial charge in [0, 0.05) is 5.92 Å². The molecule has 0 unspecified atom stereocenters. The average Bonchev–Trinajstić information content (AvgIpc) is 2.64. The van der Waals surface area contributed by atoms with Crippen molar-refractivity contribution >= 4 is 27.5 Å². The van der Waals surface area contributed by atoms with Crippen molar-refractivity contribution in [3.8, 4) is 5.69 Å². The van der Waals surface area contributed by atoms with Crippen LogP contribution in [0.1, 0.15) is 25.6 Å². The minimum absolute atomic E-state index is 0.179. The molecule has 0 fully saturated rings. The second-order valence-electron chi connectivity index (χ2n) is 3.92. The second kappa shape index (κ2) is 4.74. The van der Waals surface area contributed by atoms with Gasteiger partial charge in [-0.2, -0.15) is 0 Å². The molecule has 0 amide bonds. The van der Waals surface area contributed by atoms with Gasteiger partial charge in [-0.1, -0.05) is 13.8 Å². The molecule has 2 rings (SSSR count). The summed E-state index contributed by atoms with van der Waals surface area (Å²) in [5.74, 6) is 0.608. The highest BCUT2D eigenvalue weighted by Crippen LogP contribution is 2.25. The molecule has 2 aromatic rings. The normalized spacial score (nSPS) is 11.2. The number of nitrogens with zero attached hydrogens (tertiary/aromatic N) is 3. The van der Waals surface area contributed by atoms with Crippen molar-refractivity contribution in [1.82, 2.24) is 14.8 Å². The van der Waals surface area contributed by atoms with Crippen molar-refractivity contribution in [2.24, 2.45) is 0 Å². The molecule has 3 nitrogen and oxygen atoms in total. The summed E-state index contributed by atoms with van der Waals surface area (Å²) in [5.41, 5.74) is 0.733. The molecule has 0 aliphatic carbocycles. The van der Waals surface area contributed by atoms with E-state index in [9.17, 15) is 4.39 Å². The zero-order valence-electron chi connectivity index (χ0n) is 9.28. The molecule has 17 heavy (non-hydrogen) atoms. The van der Waals surface area contributed by atoms with E-state index >= 15 is 0 Å². The maximum Gasteiger partial charge on any atom is 0.229 e. The highest BCUT2D eigenvalue weighted by molar-refractivity contribution is 9.10. The van der Waals surface area contributed by atoms with Crippen LogP contribution in [0.5, 0.6) is 0 Å². The van der Waals surface area contributed by atoms with Crippen LogP contribution in [-0.2, 0) is 0 Å². The Bertz CT molecular complexity index is 554. The zero-order chi connectivity index (χ0) is 12.6. The largest absolute Gasteiger partial charge is 0.269 e. The summed E-state index contributed by atoms with van der Waals surface area (Å²) in [6.45, 7) is 3.99. The third-order valence-corrected chi connectivity index (χ3v) is 3.18. The van der Waals surface area contributed by atoms with Crippen molar-refractivity contribution < 1.29 is 4.39 Å². The van der Waals surface area contributed by atoms with Crippen LogP contribution in [-0.4, -0.2) is 14.8 Å². The predicted octanol–water partition coefficient (Wildman–Crippen LogP) is 3.95. The van der Waals surface area contributed by atoms with Gasteiger partial charge in [-0.3, -0.25) is 4.57 Å². The van der Waals surface area contributed by atoms with E-state index in [1.165, 1.54) is 6.07 Å². The quantitative estimate of drug-likeness (QED) is 0.839. The van der Waals surface area contributed by atoms with E-state index in [-0.39, 0.29) is 17.0 Å². The molecule has 0 saturated heterocycles. The predicted molar refractivity (Wildman–Crippen MR) is 68.1 cm³/mol. The summed E-state index contributed by atoms with van der Waals surface area (Å²) in [6, 6.07) is 4.66. The minimum atomic E-state index is -0.316. The van der Waals surface area contributed by atoms with Gasteiger partial charge < -0.3 is 0 Å². The number of aromatic nitrogens is 3. The van der Waals surface area contributed by atoms with Gasteiger partial charge in [0.25, 0.3) is 0 Å². The molecule has 0 spiro atoms. The molecule has 1 aromatic heterocycles. The maximum absolute atomic E-state index is 13.2. The Labute approximate surface area is 112 Å². The Morgan fingerprint density at radius 2 is 2.06 bits per heavy atom. The lowest BCUT2D eigenvalue weighted by Gasteiger charge is -2.10. The first-order chi connectivity index (χ1) is 8.00. The van der Waals surface area contributed by atoms with Gasteiger partial charge >= 0.3 is 0 Å². The lowest BCUT2D eigenvalue weighted by Crippen LogP contribution is -2.03. The van der Waals surface area contributed by atoms with E-state index in [2.05, 4.69) is 26.1 Å². The Kier molecular flexibility index (Phi) is 3.49. The van der Waals surface area contributed by atoms with Crippen LogP contribution >= 0.6 is 27.5 Å². The third kappa shape index (κ3) is 2.35. The summed E-state index contributed by atoms with van der Waals surface area (Å²) in [7, 11) is 0. The first kappa shape index (κ1) is 12.5. The molecule has 0 N–H and O–H groups in total. The molecule has 1 aromatic carbocycles. The van der Waals surface area contributed by atoms with Crippen molar-refractivity contribution in [2.75, 3.05) is 0 Å². The molecule has 6 heteroatoms. The molecule has 0 aliphatic rings. The van der Waals surface area contributed by atoms with Crippen molar-refractivity contribution in [3.63, 3.8) is 0 Å². The Morgan fingerprint density at radius 1 is 1.35 bits per heavy atom. The van der Waals surface area contributed by atoms with E-state index in [4.69, 9.17) is 11.6 Å². The Balaban J connectivity index is 2.59. The molecule has 0 radical (unpaired) electrons. The minimum Gasteiger partial charge on any atom is -0.269 e. The van der Waals surface area contributed by atoms with E-state index in [1.807, 2.05) is 13.8 Å². The zero-order valence-corrected chi connectivity index (χ0v) is 11.6. The molecule has 0 bridgehead atoms. The molecule has 0 aliphatic heterocycles. The summed E-state index contributed by atoms with van der Waals surface area (Å²) in [6.07, 6.45) is 0. The summed E-state index contributed by atoms with van der Waals surface area (Å²) < 4.78 is 15.3. The van der Waals surface area contributed by atoms with Gasteiger partial charge in [0.15, 0.2) is 0 Å². The summed E-state index contributed by atoms with van der Waals surface area (Å²) in [5, 5.41) is 8.12. The molecule has 1 heterocycles. The lowest BCUT2D eigenvalue weighted by molar-refractivity contribution is 0.620. The molecule has 0 atom stereocenters. The fourth-order valence-corrected chi connectivity index (χ4v) is 2.10. The SMILES string of the molecule is CC(C)c1nnc(Cl)n1-c1ccc(F)c(Br)c1. The van der Waals surface area contributed by atoms with Crippen molar-refractivity contribution in [2.45, 2.75) is 19.8 Å². The van der Waals surface area contributed by atoms with Crippen LogP contribution in [0.3, 0.4) is 0 Å². The molecule has 90 valence electrons. The van der Waals surface area contributed by atoms with Gasteiger partial charge in [0.05, 0.1) is 10.2 Å². The molecular weight excluding hydrogens is 308 g/mol. The monoisotopic (exact) mass is 317 g/mol. The molecular formula is C11H10BrClFN3. The Morgan fingerprint density at radius 3 is 2.65 bits per heavy atom. The van der Waals surface area contributed by atoms with Gasteiger partial charge in [-0.05, 0) is 45.7 Å². The van der Waals surface area contributed by atoms with Crippen molar-refractivity contribution in [3.05, 3.63) is 39.6 Å². The summed E-state index contributed by atoms with van der Waals surface area (Å²) >= 11 is 9.14. The number of hydrogen-bond acceptors (Lipinski definition) is 2. The number of hydrogen-bond donors (Lipinski definition) is 0. The second-order valence-corrected chi connectivity index (χ2v) is 5.11. The average molecular weight is 319 g/mol. The van der Waals surface area contributed by atoms with Crippen LogP contribution in [0.4, 0.5) is 4.39 Å². The van der Waals surface area contributed by atoms with E-state index in [0.29, 0.717) is 4.47 Å². The van der Waals surface area contributed by atoms with E-state index < -0.39 is 0 Å². The van der Waals surface area contributed by atoms with Crippen LogP contribution < -0.4 is 0 Å². The standard InChI is InChI=1S/C11H10BrClFN3/c1-6(2)10-15-16-11(13)17(10)7-3-4-9(14)8(12)5-7/h3-6H,1-2H3. The first-order valence-corrected chi connectivity index (χ1v) is 6.24. The van der Waals surface area contributed by atoms with Crippen LogP contribution in [0.25, 0.3) is 5.69 Å². The van der Waals surface area contributed by atoms with Crippen LogP contribution in [0.2, 0.25) is 5.28 Å². The number of rotatable bonds is 2. The fourth-order valence-electron chi connectivity index (χ4n) is 1.51. The first-order valence-electron chi connectivity index (χ1n) is 5.07. The van der Waals surface area contributed by atoms with E-state index in [0.717, 1.165) is 11.5 Å². The van der Waals surface area contributed by atoms with Crippen LogP contribution in [0, 0.1) is 5.82 Å². The van der Waals surface area contributed by atoms with Gasteiger partial charge in [-0.15, -0.1) is 10.2 Å². The Hall–Kier alpha value is -0.940. The smallest absolute Gasteiger partial charge is 0.229 e. The number of benzene rings is 1. The van der Waals surface area contributed by atoms with Gasteiger partial charge in [-0.25, -0.2) is 4.39 Å². The van der Waals surface area contributed by atoms with Gasteiger partial charge in [0.1, 0.15) is 11.6 Å². The topological polar surface area (TPSA) is 30.7 Å².